The van der Waals surface area contributed by atoms with Crippen LogP contribution in [0.1, 0.15) is 11.1 Å². The summed E-state index contributed by atoms with van der Waals surface area (Å²) in [4.78, 5) is 6.29. The third kappa shape index (κ3) is 2.82. The summed E-state index contributed by atoms with van der Waals surface area (Å²) in [5, 5.41) is 0.677. The van der Waals surface area contributed by atoms with Crippen molar-refractivity contribution in [1.29, 1.82) is 0 Å². The zero-order valence-corrected chi connectivity index (χ0v) is 13.5. The fourth-order valence-electron chi connectivity index (χ4n) is 2.03. The first-order chi connectivity index (χ1) is 10.2. The van der Waals surface area contributed by atoms with Gasteiger partial charge in [-0.2, -0.15) is 0 Å². The minimum Gasteiger partial charge on any atom is -0.497 e. The molecule has 0 aromatic heterocycles. The molecular formula is C16H11BrClNO2. The van der Waals surface area contributed by atoms with Crippen LogP contribution in [-0.2, 0) is 4.74 Å². The molecule has 0 spiro atoms. The normalized spacial score (nSPS) is 15.2. The van der Waals surface area contributed by atoms with E-state index in [9.17, 15) is 0 Å². The molecule has 0 unspecified atom stereocenters. The second kappa shape index (κ2) is 5.92. The Labute approximate surface area is 136 Å². The number of methoxy groups -OCH3 is 1. The van der Waals surface area contributed by atoms with Crippen LogP contribution in [0.5, 0.6) is 5.75 Å². The Morgan fingerprint density at radius 3 is 2.62 bits per heavy atom. The second-order valence-electron chi connectivity index (χ2n) is 4.38. The van der Waals surface area contributed by atoms with Gasteiger partial charge in [0.1, 0.15) is 11.5 Å². The van der Waals surface area contributed by atoms with Gasteiger partial charge in [-0.1, -0.05) is 27.5 Å². The highest BCUT2D eigenvalue weighted by Gasteiger charge is 2.20. The molecule has 0 N–H and O–H groups in total. The van der Waals surface area contributed by atoms with E-state index in [1.54, 1.807) is 12.1 Å². The highest BCUT2D eigenvalue weighted by molar-refractivity contribution is 9.11. The molecule has 106 valence electrons. The van der Waals surface area contributed by atoms with E-state index in [1.165, 1.54) is 0 Å². The first-order valence-corrected chi connectivity index (χ1v) is 7.52. The summed E-state index contributed by atoms with van der Waals surface area (Å²) in [6, 6.07) is 13.0. The van der Waals surface area contributed by atoms with Crippen molar-refractivity contribution in [2.75, 3.05) is 7.11 Å². The summed E-state index contributed by atoms with van der Waals surface area (Å²) in [6.07, 6.45) is 0. The van der Waals surface area contributed by atoms with Crippen LogP contribution in [0.3, 0.4) is 0 Å². The maximum absolute atomic E-state index is 5.91. The van der Waals surface area contributed by atoms with Crippen LogP contribution in [0.2, 0.25) is 5.02 Å². The van der Waals surface area contributed by atoms with Crippen molar-refractivity contribution in [2.24, 2.45) is 4.99 Å². The summed E-state index contributed by atoms with van der Waals surface area (Å²) in [5.74, 6) is 1.98. The topological polar surface area (TPSA) is 30.8 Å². The van der Waals surface area contributed by atoms with Crippen molar-refractivity contribution < 1.29 is 9.47 Å². The van der Waals surface area contributed by atoms with E-state index in [0.717, 1.165) is 22.6 Å². The molecule has 3 nitrogen and oxygen atoms in total. The lowest BCUT2D eigenvalue weighted by Gasteiger charge is -2.19. The van der Waals surface area contributed by atoms with Gasteiger partial charge in [-0.15, -0.1) is 0 Å². The van der Waals surface area contributed by atoms with Gasteiger partial charge in [0.05, 0.1) is 12.8 Å². The minimum absolute atomic E-state index is 0.537. The van der Waals surface area contributed by atoms with Gasteiger partial charge in [-0.3, -0.25) is 0 Å². The third-order valence-electron chi connectivity index (χ3n) is 3.09. The molecule has 0 bridgehead atoms. The SMILES string of the molecule is COc1ccc2c(c1)/C(=C/Br)OC(c1ccc(Cl)cc1)=N2. The molecule has 2 aromatic carbocycles. The molecule has 0 saturated heterocycles. The molecule has 0 atom stereocenters. The quantitative estimate of drug-likeness (QED) is 0.738. The predicted octanol–water partition coefficient (Wildman–Crippen LogP) is 5.15. The highest BCUT2D eigenvalue weighted by atomic mass is 79.9. The molecule has 0 saturated carbocycles. The Hall–Kier alpha value is -1.78. The number of benzene rings is 2. The Bertz CT molecular complexity index is 738. The molecule has 0 amide bonds. The van der Waals surface area contributed by atoms with Crippen LogP contribution in [0.25, 0.3) is 5.76 Å². The van der Waals surface area contributed by atoms with E-state index in [4.69, 9.17) is 21.1 Å². The first kappa shape index (κ1) is 14.2. The highest BCUT2D eigenvalue weighted by Crippen LogP contribution is 2.36. The Balaban J connectivity index is 2.09. The van der Waals surface area contributed by atoms with Crippen LogP contribution >= 0.6 is 27.5 Å². The number of fused-ring (bicyclic) bond motifs is 1. The van der Waals surface area contributed by atoms with Gasteiger partial charge in [0, 0.05) is 21.1 Å². The summed E-state index contributed by atoms with van der Waals surface area (Å²) in [6.45, 7) is 0. The molecule has 0 aliphatic carbocycles. The smallest absolute Gasteiger partial charge is 0.227 e. The van der Waals surface area contributed by atoms with Gasteiger partial charge >= 0.3 is 0 Å². The fourth-order valence-corrected chi connectivity index (χ4v) is 2.49. The number of hydrogen-bond donors (Lipinski definition) is 0. The molecule has 0 fully saturated rings. The van der Waals surface area contributed by atoms with Gasteiger partial charge < -0.3 is 9.47 Å². The van der Waals surface area contributed by atoms with Gasteiger partial charge in [0.2, 0.25) is 5.90 Å². The Kier molecular flexibility index (Phi) is 3.99. The van der Waals surface area contributed by atoms with Gasteiger partial charge in [-0.05, 0) is 42.5 Å². The van der Waals surface area contributed by atoms with Crippen molar-refractivity contribution in [3.8, 4) is 5.75 Å². The summed E-state index contributed by atoms with van der Waals surface area (Å²) >= 11 is 9.24. The summed E-state index contributed by atoms with van der Waals surface area (Å²) < 4.78 is 11.1. The van der Waals surface area contributed by atoms with Crippen molar-refractivity contribution in [2.45, 2.75) is 0 Å². The van der Waals surface area contributed by atoms with Crippen LogP contribution < -0.4 is 4.74 Å². The number of aliphatic imine (C=N–C) groups is 1. The summed E-state index contributed by atoms with van der Waals surface area (Å²) in [7, 11) is 1.63. The van der Waals surface area contributed by atoms with Crippen molar-refractivity contribution in [3.05, 3.63) is 63.6 Å². The van der Waals surface area contributed by atoms with Crippen molar-refractivity contribution >= 4 is 44.9 Å². The van der Waals surface area contributed by atoms with E-state index >= 15 is 0 Å². The van der Waals surface area contributed by atoms with Gasteiger partial charge in [0.15, 0.2) is 0 Å². The molecular weight excluding hydrogens is 354 g/mol. The largest absolute Gasteiger partial charge is 0.497 e. The van der Waals surface area contributed by atoms with Crippen LogP contribution in [0.15, 0.2) is 52.4 Å². The number of hydrogen-bond acceptors (Lipinski definition) is 3. The standard InChI is InChI=1S/C16H11BrClNO2/c1-20-12-6-7-14-13(8-12)15(9-17)21-16(19-14)10-2-4-11(18)5-3-10/h2-9H,1H3/b15-9-. The average Bonchev–Trinajstić information content (AvgIpc) is 2.54. The first-order valence-electron chi connectivity index (χ1n) is 6.22. The maximum atomic E-state index is 5.91. The second-order valence-corrected chi connectivity index (χ2v) is 5.28. The number of halogens is 2. The van der Waals surface area contributed by atoms with Gasteiger partial charge in [0.25, 0.3) is 0 Å². The van der Waals surface area contributed by atoms with Gasteiger partial charge in [-0.25, -0.2) is 4.99 Å². The third-order valence-corrected chi connectivity index (χ3v) is 3.76. The van der Waals surface area contributed by atoms with Crippen molar-refractivity contribution in [1.82, 2.24) is 0 Å². The lowest BCUT2D eigenvalue weighted by molar-refractivity contribution is 0.414. The number of rotatable bonds is 2. The van der Waals surface area contributed by atoms with Crippen LogP contribution in [0.4, 0.5) is 5.69 Å². The molecule has 3 rings (SSSR count). The summed E-state index contributed by atoms with van der Waals surface area (Å²) in [5.41, 5.74) is 2.58. The van der Waals surface area contributed by atoms with E-state index in [-0.39, 0.29) is 0 Å². The predicted molar refractivity (Wildman–Crippen MR) is 88.6 cm³/mol. The number of ether oxygens (including phenoxy) is 2. The molecule has 1 aliphatic heterocycles. The maximum Gasteiger partial charge on any atom is 0.227 e. The molecule has 0 radical (unpaired) electrons. The van der Waals surface area contributed by atoms with E-state index in [2.05, 4.69) is 20.9 Å². The molecule has 5 heteroatoms. The average molecular weight is 365 g/mol. The zero-order valence-electron chi connectivity index (χ0n) is 11.1. The monoisotopic (exact) mass is 363 g/mol. The fraction of sp³-hybridized carbons (Fsp3) is 0.0625. The Morgan fingerprint density at radius 2 is 1.95 bits per heavy atom. The van der Waals surface area contributed by atoms with Crippen molar-refractivity contribution in [3.63, 3.8) is 0 Å². The zero-order chi connectivity index (χ0) is 14.8. The molecule has 2 aromatic rings. The van der Waals surface area contributed by atoms with Crippen LogP contribution in [-0.4, -0.2) is 13.0 Å². The Morgan fingerprint density at radius 1 is 1.19 bits per heavy atom. The minimum atomic E-state index is 0.537. The van der Waals surface area contributed by atoms with E-state index in [1.807, 2.05) is 42.5 Å². The molecule has 1 heterocycles. The number of nitrogens with zero attached hydrogens (tertiary/aromatic N) is 1. The lowest BCUT2D eigenvalue weighted by atomic mass is 10.1. The van der Waals surface area contributed by atoms with Crippen LogP contribution in [0, 0.1) is 0 Å². The van der Waals surface area contributed by atoms with E-state index in [0.29, 0.717) is 16.7 Å². The molecule has 1 aliphatic rings. The molecule has 21 heavy (non-hydrogen) atoms. The lowest BCUT2D eigenvalue weighted by Crippen LogP contribution is -2.10. The van der Waals surface area contributed by atoms with E-state index < -0.39 is 0 Å².